The van der Waals surface area contributed by atoms with Gasteiger partial charge in [0.25, 0.3) is 0 Å². The second-order valence-corrected chi connectivity index (χ2v) is 5.72. The number of hydrogen-bond acceptors (Lipinski definition) is 4. The van der Waals surface area contributed by atoms with Crippen molar-refractivity contribution < 1.29 is 22.3 Å². The van der Waals surface area contributed by atoms with Crippen molar-refractivity contribution in [3.63, 3.8) is 0 Å². The van der Waals surface area contributed by atoms with Crippen LogP contribution < -0.4 is 4.90 Å². The Labute approximate surface area is 97.4 Å². The third-order valence-electron chi connectivity index (χ3n) is 2.61. The zero-order chi connectivity index (χ0) is 12.6. The van der Waals surface area contributed by atoms with Gasteiger partial charge in [0.05, 0.1) is 16.7 Å². The van der Waals surface area contributed by atoms with Gasteiger partial charge in [0.2, 0.25) is 9.84 Å². The summed E-state index contributed by atoms with van der Waals surface area (Å²) in [6, 6.07) is 5.59. The minimum atomic E-state index is -4.60. The number of para-hydroxylation sites is 1. The van der Waals surface area contributed by atoms with Crippen LogP contribution in [-0.4, -0.2) is 38.5 Å². The molecule has 0 radical (unpaired) electrons. The summed E-state index contributed by atoms with van der Waals surface area (Å²) in [5, 5.41) is 9.14. The summed E-state index contributed by atoms with van der Waals surface area (Å²) < 4.78 is 47.8. The lowest BCUT2D eigenvalue weighted by atomic mass is 10.1. The highest BCUT2D eigenvalue weighted by molar-refractivity contribution is 7.91. The molecular weight excluding hydrogens is 252 g/mol. The Morgan fingerprint density at radius 1 is 1.29 bits per heavy atom. The molecule has 1 aromatic carbocycles. The number of aliphatic hydroxyl groups excluding tert-OH is 1. The highest BCUT2D eigenvalue weighted by Crippen LogP contribution is 2.31. The number of rotatable bonds is 3. The summed E-state index contributed by atoms with van der Waals surface area (Å²) in [4.78, 5) is 1.17. The predicted octanol–water partition coefficient (Wildman–Crippen LogP) is 0.864. The van der Waals surface area contributed by atoms with E-state index in [0.29, 0.717) is 0 Å². The highest BCUT2D eigenvalue weighted by atomic mass is 32.2. The number of β-amino-alcohol motifs (C(OH)–C–C–N with tert-alkyl or cyclic N) is 1. The van der Waals surface area contributed by atoms with Crippen LogP contribution in [0.4, 0.5) is 14.5 Å². The fraction of sp³-hybridized carbons (Fsp3) is 0.400. The minimum Gasteiger partial charge on any atom is -0.389 e. The molecule has 0 unspecified atom stereocenters. The van der Waals surface area contributed by atoms with Gasteiger partial charge in [-0.15, -0.1) is 0 Å². The number of benzene rings is 1. The summed E-state index contributed by atoms with van der Waals surface area (Å²) >= 11 is 0. The van der Waals surface area contributed by atoms with Crippen LogP contribution in [0.1, 0.15) is 0 Å². The van der Waals surface area contributed by atoms with E-state index in [1.54, 1.807) is 11.0 Å². The van der Waals surface area contributed by atoms with Crippen LogP contribution in [0.3, 0.4) is 0 Å². The van der Waals surface area contributed by atoms with Gasteiger partial charge in [0.1, 0.15) is 0 Å². The molecule has 1 fully saturated rings. The van der Waals surface area contributed by atoms with E-state index in [1.165, 1.54) is 12.1 Å². The highest BCUT2D eigenvalue weighted by Gasteiger charge is 2.33. The smallest absolute Gasteiger partial charge is 0.341 e. The van der Waals surface area contributed by atoms with Crippen molar-refractivity contribution in [2.24, 2.45) is 0 Å². The first-order chi connectivity index (χ1) is 7.93. The van der Waals surface area contributed by atoms with Crippen LogP contribution in [0.2, 0.25) is 0 Å². The van der Waals surface area contributed by atoms with Crippen LogP contribution in [0.25, 0.3) is 0 Å². The van der Waals surface area contributed by atoms with Gasteiger partial charge in [-0.25, -0.2) is 8.42 Å². The van der Waals surface area contributed by atoms with Crippen molar-refractivity contribution in [2.45, 2.75) is 16.8 Å². The number of hydrogen-bond donors (Lipinski definition) is 1. The molecule has 0 atom stereocenters. The molecular formula is C10H11F2NO3S. The zero-order valence-corrected chi connectivity index (χ0v) is 9.57. The van der Waals surface area contributed by atoms with Crippen molar-refractivity contribution in [3.05, 3.63) is 24.3 Å². The molecule has 17 heavy (non-hydrogen) atoms. The molecule has 1 aliphatic rings. The lowest BCUT2D eigenvalue weighted by Crippen LogP contribution is -2.51. The molecule has 0 spiro atoms. The van der Waals surface area contributed by atoms with Gasteiger partial charge < -0.3 is 10.0 Å². The van der Waals surface area contributed by atoms with Gasteiger partial charge in [-0.3, -0.25) is 0 Å². The van der Waals surface area contributed by atoms with Gasteiger partial charge in [-0.05, 0) is 12.1 Å². The second-order valence-electron chi connectivity index (χ2n) is 3.83. The first kappa shape index (κ1) is 12.3. The van der Waals surface area contributed by atoms with Gasteiger partial charge in [0.15, 0.2) is 0 Å². The fourth-order valence-corrected chi connectivity index (χ4v) is 2.66. The van der Waals surface area contributed by atoms with E-state index in [-0.39, 0.29) is 23.7 Å². The van der Waals surface area contributed by atoms with Crippen LogP contribution in [-0.2, 0) is 9.84 Å². The maximum atomic E-state index is 12.5. The van der Waals surface area contributed by atoms with E-state index in [2.05, 4.69) is 0 Å². The quantitative estimate of drug-likeness (QED) is 0.879. The van der Waals surface area contributed by atoms with Crippen LogP contribution in [0.15, 0.2) is 29.2 Å². The van der Waals surface area contributed by atoms with Crippen molar-refractivity contribution in [3.8, 4) is 0 Å². The zero-order valence-electron chi connectivity index (χ0n) is 8.75. The Balaban J connectivity index is 2.42. The topological polar surface area (TPSA) is 57.6 Å². The van der Waals surface area contributed by atoms with Crippen molar-refractivity contribution in [1.82, 2.24) is 0 Å². The van der Waals surface area contributed by atoms with Gasteiger partial charge >= 0.3 is 5.76 Å². The Morgan fingerprint density at radius 2 is 1.88 bits per heavy atom. The van der Waals surface area contributed by atoms with E-state index in [4.69, 9.17) is 5.11 Å². The normalized spacial score (nSPS) is 17.3. The Bertz CT molecular complexity index is 512. The number of nitrogens with zero attached hydrogens (tertiary/aromatic N) is 1. The van der Waals surface area contributed by atoms with Crippen molar-refractivity contribution >= 4 is 15.5 Å². The predicted molar refractivity (Wildman–Crippen MR) is 57.9 cm³/mol. The van der Waals surface area contributed by atoms with Gasteiger partial charge in [0, 0.05) is 13.1 Å². The van der Waals surface area contributed by atoms with E-state index in [9.17, 15) is 17.2 Å². The van der Waals surface area contributed by atoms with Gasteiger partial charge in [-0.2, -0.15) is 8.78 Å². The maximum absolute atomic E-state index is 12.5. The number of sulfone groups is 1. The minimum absolute atomic E-state index is 0.220. The average molecular weight is 263 g/mol. The molecule has 0 aromatic heterocycles. The SMILES string of the molecule is O=S(=O)(c1ccccc1N1CC(O)C1)C(F)F. The molecule has 1 N–H and O–H groups in total. The molecule has 7 heteroatoms. The molecule has 0 aliphatic carbocycles. The average Bonchev–Trinajstić information content (AvgIpc) is 2.24. The molecule has 1 aliphatic heterocycles. The largest absolute Gasteiger partial charge is 0.389 e. The summed E-state index contributed by atoms with van der Waals surface area (Å²) in [5.74, 6) is -3.44. The first-order valence-corrected chi connectivity index (χ1v) is 6.51. The number of halogens is 2. The van der Waals surface area contributed by atoms with Crippen LogP contribution in [0.5, 0.6) is 0 Å². The summed E-state index contributed by atoms with van der Waals surface area (Å²) in [6.07, 6.45) is -0.530. The molecule has 1 aromatic rings. The number of aliphatic hydroxyl groups is 1. The molecule has 0 amide bonds. The summed E-state index contributed by atoms with van der Waals surface area (Å²) in [5.41, 5.74) is 0.220. The third-order valence-corrected chi connectivity index (χ3v) is 4.04. The summed E-state index contributed by atoms with van der Waals surface area (Å²) in [7, 11) is -4.60. The molecule has 0 saturated carbocycles. The van der Waals surface area contributed by atoms with Crippen LogP contribution >= 0.6 is 0 Å². The summed E-state index contributed by atoms with van der Waals surface area (Å²) in [6.45, 7) is 0.519. The van der Waals surface area contributed by atoms with E-state index in [0.717, 1.165) is 6.07 Å². The molecule has 4 nitrogen and oxygen atoms in total. The Hall–Kier alpha value is -1.21. The Kier molecular flexibility index (Phi) is 3.05. The first-order valence-electron chi connectivity index (χ1n) is 4.97. The molecule has 1 heterocycles. The van der Waals surface area contributed by atoms with E-state index in [1.807, 2.05) is 0 Å². The third kappa shape index (κ3) is 2.12. The Morgan fingerprint density at radius 3 is 2.41 bits per heavy atom. The number of anilines is 1. The van der Waals surface area contributed by atoms with E-state index < -0.39 is 21.7 Å². The monoisotopic (exact) mass is 263 g/mol. The van der Waals surface area contributed by atoms with E-state index >= 15 is 0 Å². The second kappa shape index (κ2) is 4.23. The fourth-order valence-electron chi connectivity index (χ4n) is 1.71. The van der Waals surface area contributed by atoms with Crippen LogP contribution in [0, 0.1) is 0 Å². The van der Waals surface area contributed by atoms with Crippen molar-refractivity contribution in [1.29, 1.82) is 0 Å². The molecule has 94 valence electrons. The molecule has 0 bridgehead atoms. The molecule has 1 saturated heterocycles. The lowest BCUT2D eigenvalue weighted by Gasteiger charge is -2.38. The maximum Gasteiger partial charge on any atom is 0.341 e. The van der Waals surface area contributed by atoms with Crippen molar-refractivity contribution in [2.75, 3.05) is 18.0 Å². The van der Waals surface area contributed by atoms with Gasteiger partial charge in [-0.1, -0.05) is 12.1 Å². The standard InChI is InChI=1S/C10H11F2NO3S/c11-10(12)17(15,16)9-4-2-1-3-8(9)13-5-7(14)6-13/h1-4,7,10,14H,5-6H2. The lowest BCUT2D eigenvalue weighted by molar-refractivity contribution is 0.141. The molecule has 2 rings (SSSR count). The number of alkyl halides is 2.